The number of amides is 1. The molecule has 0 bridgehead atoms. The molecule has 0 unspecified atom stereocenters. The van der Waals surface area contributed by atoms with E-state index in [1.807, 2.05) is 0 Å². The topological polar surface area (TPSA) is 59.8 Å². The highest BCUT2D eigenvalue weighted by molar-refractivity contribution is 9.10. The van der Waals surface area contributed by atoms with E-state index in [4.69, 9.17) is 4.42 Å². The van der Waals surface area contributed by atoms with Crippen molar-refractivity contribution in [1.82, 2.24) is 4.90 Å². The highest BCUT2D eigenvalue weighted by atomic mass is 79.9. The second kappa shape index (κ2) is 9.60. The molecule has 21 heavy (non-hydrogen) atoms. The van der Waals surface area contributed by atoms with E-state index in [9.17, 15) is 9.59 Å². The third-order valence-corrected chi connectivity index (χ3v) is 3.59. The van der Waals surface area contributed by atoms with Gasteiger partial charge in [0.15, 0.2) is 10.4 Å². The lowest BCUT2D eigenvalue weighted by molar-refractivity contribution is -0.140. The van der Waals surface area contributed by atoms with Gasteiger partial charge in [0, 0.05) is 13.1 Å². The largest absolute Gasteiger partial charge is 0.469 e. The number of furan rings is 1. The van der Waals surface area contributed by atoms with Gasteiger partial charge in [-0.25, -0.2) is 0 Å². The van der Waals surface area contributed by atoms with Crippen LogP contribution in [0.25, 0.3) is 0 Å². The molecular weight excluding hydrogens is 338 g/mol. The lowest BCUT2D eigenvalue weighted by Crippen LogP contribution is -2.34. The first-order chi connectivity index (χ1) is 10.1. The quantitative estimate of drug-likeness (QED) is 0.498. The fourth-order valence-electron chi connectivity index (χ4n) is 1.96. The molecule has 1 aromatic rings. The molecule has 1 amide bonds. The molecule has 0 aliphatic heterocycles. The van der Waals surface area contributed by atoms with Crippen molar-refractivity contribution >= 4 is 27.8 Å². The Kier molecular flexibility index (Phi) is 8.12. The van der Waals surface area contributed by atoms with Crippen LogP contribution < -0.4 is 0 Å². The van der Waals surface area contributed by atoms with Crippen molar-refractivity contribution in [3.63, 3.8) is 0 Å². The maximum absolute atomic E-state index is 12.4. The molecule has 1 rings (SSSR count). The molecule has 5 nitrogen and oxygen atoms in total. The summed E-state index contributed by atoms with van der Waals surface area (Å²) < 4.78 is 10.4. The number of rotatable bonds is 9. The summed E-state index contributed by atoms with van der Waals surface area (Å²) in [6, 6.07) is 3.31. The van der Waals surface area contributed by atoms with Gasteiger partial charge in [0.25, 0.3) is 5.91 Å². The molecule has 1 heterocycles. The monoisotopic (exact) mass is 359 g/mol. The van der Waals surface area contributed by atoms with E-state index in [1.54, 1.807) is 17.0 Å². The first kappa shape index (κ1) is 17.8. The van der Waals surface area contributed by atoms with E-state index < -0.39 is 0 Å². The minimum atomic E-state index is -0.318. The molecule has 0 radical (unpaired) electrons. The Labute approximate surface area is 133 Å². The molecular formula is C15H22BrNO4. The summed E-state index contributed by atoms with van der Waals surface area (Å²) >= 11 is 3.18. The summed E-state index contributed by atoms with van der Waals surface area (Å²) in [5, 5.41) is 0. The van der Waals surface area contributed by atoms with Crippen molar-refractivity contribution in [2.75, 3.05) is 20.2 Å². The number of nitrogens with zero attached hydrogens (tertiary/aromatic N) is 1. The maximum atomic E-state index is 12.4. The first-order valence-electron chi connectivity index (χ1n) is 7.20. The van der Waals surface area contributed by atoms with Gasteiger partial charge in [-0.05, 0) is 34.5 Å². The van der Waals surface area contributed by atoms with Gasteiger partial charge in [0.05, 0.1) is 13.5 Å². The average molecular weight is 360 g/mol. The SMILES string of the molecule is CCCCCCN(CCC(=O)OC)C(=O)c1ccc(Br)o1. The van der Waals surface area contributed by atoms with Crippen molar-refractivity contribution in [2.24, 2.45) is 0 Å². The van der Waals surface area contributed by atoms with Gasteiger partial charge in [-0.15, -0.1) is 0 Å². The molecule has 118 valence electrons. The predicted molar refractivity (Wildman–Crippen MR) is 83.1 cm³/mol. The molecule has 0 aromatic carbocycles. The second-order valence-electron chi connectivity index (χ2n) is 4.78. The number of hydrogen-bond donors (Lipinski definition) is 0. The number of carbonyl (C=O) groups excluding carboxylic acids is 2. The second-order valence-corrected chi connectivity index (χ2v) is 5.56. The zero-order valence-corrected chi connectivity index (χ0v) is 14.1. The van der Waals surface area contributed by atoms with Crippen molar-refractivity contribution in [2.45, 2.75) is 39.0 Å². The van der Waals surface area contributed by atoms with Gasteiger partial charge in [0.1, 0.15) is 0 Å². The van der Waals surface area contributed by atoms with Crippen LogP contribution in [-0.4, -0.2) is 37.0 Å². The predicted octanol–water partition coefficient (Wildman–Crippen LogP) is 3.63. The number of halogens is 1. The Morgan fingerprint density at radius 2 is 2.00 bits per heavy atom. The molecule has 0 aliphatic rings. The van der Waals surface area contributed by atoms with Crippen molar-refractivity contribution in [3.8, 4) is 0 Å². The van der Waals surface area contributed by atoms with Gasteiger partial charge in [0.2, 0.25) is 0 Å². The minimum absolute atomic E-state index is 0.192. The van der Waals surface area contributed by atoms with E-state index >= 15 is 0 Å². The summed E-state index contributed by atoms with van der Waals surface area (Å²) in [7, 11) is 1.35. The number of unbranched alkanes of at least 4 members (excludes halogenated alkanes) is 3. The van der Waals surface area contributed by atoms with Crippen LogP contribution >= 0.6 is 15.9 Å². The van der Waals surface area contributed by atoms with Crippen LogP contribution in [0.2, 0.25) is 0 Å². The summed E-state index contributed by atoms with van der Waals surface area (Å²) in [4.78, 5) is 25.3. The van der Waals surface area contributed by atoms with Crippen LogP contribution in [0.1, 0.15) is 49.6 Å². The van der Waals surface area contributed by atoms with Crippen LogP contribution in [0.3, 0.4) is 0 Å². The van der Waals surface area contributed by atoms with Crippen molar-refractivity contribution in [3.05, 3.63) is 22.6 Å². The van der Waals surface area contributed by atoms with Gasteiger partial charge in [-0.3, -0.25) is 9.59 Å². The van der Waals surface area contributed by atoms with Gasteiger partial charge < -0.3 is 14.1 Å². The Bertz CT molecular complexity index is 458. The fourth-order valence-corrected chi connectivity index (χ4v) is 2.26. The van der Waals surface area contributed by atoms with E-state index in [1.165, 1.54) is 7.11 Å². The van der Waals surface area contributed by atoms with Crippen molar-refractivity contribution in [1.29, 1.82) is 0 Å². The fraction of sp³-hybridized carbons (Fsp3) is 0.600. The number of methoxy groups -OCH3 is 1. The molecule has 0 N–H and O–H groups in total. The van der Waals surface area contributed by atoms with E-state index in [2.05, 4.69) is 27.6 Å². The van der Waals surface area contributed by atoms with Crippen LogP contribution in [0.5, 0.6) is 0 Å². The normalized spacial score (nSPS) is 10.4. The minimum Gasteiger partial charge on any atom is -0.469 e. The van der Waals surface area contributed by atoms with Gasteiger partial charge in [-0.2, -0.15) is 0 Å². The molecule has 0 saturated heterocycles. The number of carbonyl (C=O) groups is 2. The van der Waals surface area contributed by atoms with Crippen LogP contribution in [-0.2, 0) is 9.53 Å². The number of ether oxygens (including phenoxy) is 1. The van der Waals surface area contributed by atoms with E-state index in [0.29, 0.717) is 17.8 Å². The third kappa shape index (κ3) is 6.33. The smallest absolute Gasteiger partial charge is 0.307 e. The molecule has 0 aliphatic carbocycles. The number of esters is 1. The zero-order valence-electron chi connectivity index (χ0n) is 12.6. The van der Waals surface area contributed by atoms with E-state index in [-0.39, 0.29) is 24.1 Å². The maximum Gasteiger partial charge on any atom is 0.307 e. The summed E-state index contributed by atoms with van der Waals surface area (Å²) in [6.07, 6.45) is 4.47. The molecule has 0 spiro atoms. The highest BCUT2D eigenvalue weighted by Gasteiger charge is 2.19. The molecule has 6 heteroatoms. The Hall–Kier alpha value is -1.30. The molecule has 0 saturated carbocycles. The molecule has 0 fully saturated rings. The molecule has 0 atom stereocenters. The highest BCUT2D eigenvalue weighted by Crippen LogP contribution is 2.16. The Balaban J connectivity index is 2.61. The van der Waals surface area contributed by atoms with Gasteiger partial charge >= 0.3 is 5.97 Å². The summed E-state index contributed by atoms with van der Waals surface area (Å²) in [5.41, 5.74) is 0. The standard InChI is InChI=1S/C15H22BrNO4/c1-3-4-5-6-10-17(11-9-14(18)20-2)15(19)12-7-8-13(16)21-12/h7-8H,3-6,9-11H2,1-2H3. The Morgan fingerprint density at radius 1 is 1.24 bits per heavy atom. The third-order valence-electron chi connectivity index (χ3n) is 3.17. The average Bonchev–Trinajstić information content (AvgIpc) is 2.92. The van der Waals surface area contributed by atoms with Crippen LogP contribution in [0.4, 0.5) is 0 Å². The Morgan fingerprint density at radius 3 is 2.57 bits per heavy atom. The van der Waals surface area contributed by atoms with E-state index in [0.717, 1.165) is 25.7 Å². The molecule has 1 aromatic heterocycles. The van der Waals surface area contributed by atoms with Gasteiger partial charge in [-0.1, -0.05) is 26.2 Å². The summed E-state index contributed by atoms with van der Waals surface area (Å²) in [6.45, 7) is 3.10. The summed E-state index contributed by atoms with van der Waals surface area (Å²) in [5.74, 6) is -0.231. The lowest BCUT2D eigenvalue weighted by atomic mass is 10.2. The first-order valence-corrected chi connectivity index (χ1v) is 7.99. The van der Waals surface area contributed by atoms with Crippen molar-refractivity contribution < 1.29 is 18.7 Å². The number of hydrogen-bond acceptors (Lipinski definition) is 4. The van der Waals surface area contributed by atoms with Crippen LogP contribution in [0, 0.1) is 0 Å². The lowest BCUT2D eigenvalue weighted by Gasteiger charge is -2.21. The van der Waals surface area contributed by atoms with Crippen LogP contribution in [0.15, 0.2) is 21.2 Å². The zero-order chi connectivity index (χ0) is 15.7.